The number of hydrogen-bond donors (Lipinski definition) is 5. The summed E-state index contributed by atoms with van der Waals surface area (Å²) in [6, 6.07) is -12.4. The Morgan fingerprint density at radius 1 is 0.446 bits per heavy atom. The van der Waals surface area contributed by atoms with Gasteiger partial charge in [0.15, 0.2) is 0 Å². The zero-order valence-corrected chi connectivity index (χ0v) is 54.5. The van der Waals surface area contributed by atoms with Gasteiger partial charge in [0, 0.05) is 49.3 Å². The summed E-state index contributed by atoms with van der Waals surface area (Å²) < 4.78 is 0. The van der Waals surface area contributed by atoms with E-state index in [1.807, 2.05) is 27.7 Å². The Balaban J connectivity index is 4.29. The molecule has 83 heavy (non-hydrogen) atoms. The van der Waals surface area contributed by atoms with E-state index in [1.54, 1.807) is 74.5 Å². The third-order valence-electron chi connectivity index (χ3n) is 17.2. The van der Waals surface area contributed by atoms with Crippen LogP contribution in [0.5, 0.6) is 0 Å². The highest BCUT2D eigenvalue weighted by atomic mass is 16.3. The number of likely N-dealkylation sites (N-methyl/N-ethyl adjacent to an activating group) is 7. The van der Waals surface area contributed by atoms with Crippen LogP contribution in [-0.2, 0) is 52.7 Å². The minimum absolute atomic E-state index is 0.0232. The molecular formula is C60H107N11O12. The molecule has 23 heteroatoms. The van der Waals surface area contributed by atoms with Gasteiger partial charge in [0.25, 0.3) is 0 Å². The summed E-state index contributed by atoms with van der Waals surface area (Å²) >= 11 is 0. The second-order valence-corrected chi connectivity index (χ2v) is 23.8. The fourth-order valence-corrected chi connectivity index (χ4v) is 10.8. The number of nitrogens with zero attached hydrogens (tertiary/aromatic N) is 7. The first-order valence-electron chi connectivity index (χ1n) is 29.9. The summed E-state index contributed by atoms with van der Waals surface area (Å²) in [6.07, 6.45) is 4.13. The Kier molecular flexibility index (Phi) is 30.7. The van der Waals surface area contributed by atoms with E-state index in [4.69, 9.17) is 0 Å². The summed E-state index contributed by atoms with van der Waals surface area (Å²) in [6.45, 7) is 26.8. The summed E-state index contributed by atoms with van der Waals surface area (Å²) in [7, 11) is 9.88. The maximum Gasteiger partial charge on any atom is 0.246 e. The summed E-state index contributed by atoms with van der Waals surface area (Å²) in [5.41, 5.74) is 0. The fraction of sp³-hybridized carbons (Fsp3) is 0.783. The molecule has 23 nitrogen and oxygen atoms in total. The van der Waals surface area contributed by atoms with Crippen molar-refractivity contribution in [1.29, 1.82) is 0 Å². The number of aliphatic hydroxyl groups is 1. The van der Waals surface area contributed by atoms with E-state index in [2.05, 4.69) is 21.3 Å². The van der Waals surface area contributed by atoms with Crippen molar-refractivity contribution < 1.29 is 57.8 Å². The molecule has 0 bridgehead atoms. The molecular weight excluding hydrogens is 1070 g/mol. The van der Waals surface area contributed by atoms with Gasteiger partial charge in [-0.25, -0.2) is 0 Å². The monoisotopic (exact) mass is 1170 g/mol. The predicted molar refractivity (Wildman–Crippen MR) is 319 cm³/mol. The van der Waals surface area contributed by atoms with Crippen molar-refractivity contribution in [3.05, 3.63) is 12.2 Å². The fourth-order valence-electron chi connectivity index (χ4n) is 10.8. The lowest BCUT2D eigenvalue weighted by Gasteiger charge is -2.43. The Morgan fingerprint density at radius 3 is 1.19 bits per heavy atom. The summed E-state index contributed by atoms with van der Waals surface area (Å²) in [4.78, 5) is 168. The Bertz CT molecular complexity index is 2280. The van der Waals surface area contributed by atoms with E-state index in [1.165, 1.54) is 94.6 Å². The topological polar surface area (TPSA) is 279 Å². The second-order valence-electron chi connectivity index (χ2n) is 23.8. The SMILES string of the molecule is C/C=C/C[C@@H](C)[C@@H](O)C1C(=O)N[C@@H](CC)C(=O)N(C)CC(=O)N(C)[C@@H]([C@@H](C)CC)C(=O)N[C@@H](C)C(=O)N(C)[C@@H]([C@H](C)CC)C(=O)N[C@@H](C)C(=O)NC(C)C(=O)N(C)[C@@H]([C@@H](C)CC)C(=O)N(C)[C@@H]([C@H](C)CC)C(=O)N(C)[C@@H](C(C)C)C(=O)N1C. The lowest BCUT2D eigenvalue weighted by Crippen LogP contribution is -2.64. The molecule has 16 atom stereocenters. The molecule has 1 fully saturated rings. The standard InChI is InChI=1S/C60H107N11O12/c1-24-30-31-38(13)50(73)49-54(77)64-42(29-6)57(80)65(17)32-43(72)66(18)45(34(9)25-2)52(75)63-41(16)55(78)68(20)46(35(10)26-3)53(76)61-39(14)51(74)62-40(15)56(79)69(21)47(36(11)27-4)60(83)70(22)48(37(12)28-5)59(82)67(19)44(33(7)8)58(81)71(49)23/h24,30,33-42,44-50,73H,25-29,31-32H2,1-23H3,(H,61,76)(H,62,74)(H,63,75)(H,64,77)/b30-24+/t34-,35+,36-,37+,38+,39-,40?,41-,42-,44-,45-,46-,47-,48-,49?,50+/m0/s1. The van der Waals surface area contributed by atoms with E-state index in [0.717, 1.165) is 9.80 Å². The number of nitrogens with one attached hydrogen (secondary N) is 4. The van der Waals surface area contributed by atoms with Crippen LogP contribution in [0.2, 0.25) is 0 Å². The highest BCUT2D eigenvalue weighted by Crippen LogP contribution is 2.27. The lowest BCUT2D eigenvalue weighted by atomic mass is 9.90. The molecule has 1 rings (SSSR count). The van der Waals surface area contributed by atoms with Crippen molar-refractivity contribution in [3.63, 3.8) is 0 Å². The van der Waals surface area contributed by atoms with Crippen LogP contribution < -0.4 is 21.3 Å². The Hall–Kier alpha value is -6.13. The molecule has 0 aromatic heterocycles. The average molecular weight is 1170 g/mol. The van der Waals surface area contributed by atoms with E-state index in [9.17, 15) is 43.5 Å². The number of rotatable bonds is 14. The molecule has 474 valence electrons. The first-order valence-corrected chi connectivity index (χ1v) is 29.9. The van der Waals surface area contributed by atoms with E-state index >= 15 is 14.4 Å². The molecule has 0 spiro atoms. The zero-order valence-electron chi connectivity index (χ0n) is 54.5. The largest absolute Gasteiger partial charge is 0.390 e. The van der Waals surface area contributed by atoms with E-state index in [-0.39, 0.29) is 6.42 Å². The summed E-state index contributed by atoms with van der Waals surface area (Å²) in [5, 5.41) is 22.9. The molecule has 11 amide bonds. The Morgan fingerprint density at radius 2 is 0.783 bits per heavy atom. The molecule has 5 N–H and O–H groups in total. The third-order valence-corrected chi connectivity index (χ3v) is 17.2. The van der Waals surface area contributed by atoms with Gasteiger partial charge in [-0.3, -0.25) is 52.7 Å². The molecule has 1 heterocycles. The van der Waals surface area contributed by atoms with Crippen LogP contribution in [0.3, 0.4) is 0 Å². The van der Waals surface area contributed by atoms with Gasteiger partial charge in [0.1, 0.15) is 60.4 Å². The highest BCUT2D eigenvalue weighted by molar-refractivity contribution is 5.99. The molecule has 0 aliphatic carbocycles. The van der Waals surface area contributed by atoms with Gasteiger partial charge in [-0.05, 0) is 76.0 Å². The molecule has 0 radical (unpaired) electrons. The number of aliphatic hydroxyl groups excluding tert-OH is 1. The zero-order chi connectivity index (χ0) is 64.4. The molecule has 1 aliphatic rings. The molecule has 0 aromatic carbocycles. The minimum Gasteiger partial charge on any atom is -0.390 e. The van der Waals surface area contributed by atoms with Gasteiger partial charge in [-0.2, -0.15) is 0 Å². The number of carbonyl (C=O) groups is 11. The molecule has 0 saturated carbocycles. The van der Waals surface area contributed by atoms with Gasteiger partial charge in [-0.15, -0.1) is 0 Å². The van der Waals surface area contributed by atoms with Crippen molar-refractivity contribution in [1.82, 2.24) is 55.6 Å². The van der Waals surface area contributed by atoms with Gasteiger partial charge >= 0.3 is 0 Å². The molecule has 2 unspecified atom stereocenters. The van der Waals surface area contributed by atoms with Crippen molar-refractivity contribution in [2.24, 2.45) is 35.5 Å². The second kappa shape index (κ2) is 34.0. The number of amides is 11. The third kappa shape index (κ3) is 18.9. The van der Waals surface area contributed by atoms with Gasteiger partial charge in [-0.1, -0.05) is 121 Å². The highest BCUT2D eigenvalue weighted by Gasteiger charge is 2.47. The number of carbonyl (C=O) groups excluding carboxylic acids is 11. The van der Waals surface area contributed by atoms with Crippen LogP contribution in [0.4, 0.5) is 0 Å². The maximum absolute atomic E-state index is 15.2. The van der Waals surface area contributed by atoms with Crippen molar-refractivity contribution in [2.75, 3.05) is 55.9 Å². The lowest BCUT2D eigenvalue weighted by molar-refractivity contribution is -0.159. The van der Waals surface area contributed by atoms with Crippen molar-refractivity contribution in [3.8, 4) is 0 Å². The predicted octanol–water partition coefficient (Wildman–Crippen LogP) is 2.63. The van der Waals surface area contributed by atoms with E-state index in [0.29, 0.717) is 32.1 Å². The van der Waals surface area contributed by atoms with Gasteiger partial charge in [0.05, 0.1) is 12.6 Å². The van der Waals surface area contributed by atoms with Gasteiger partial charge in [0.2, 0.25) is 65.0 Å². The van der Waals surface area contributed by atoms with Crippen molar-refractivity contribution >= 4 is 65.0 Å². The maximum atomic E-state index is 15.2. The minimum atomic E-state index is -1.61. The van der Waals surface area contributed by atoms with Gasteiger partial charge < -0.3 is 60.7 Å². The van der Waals surface area contributed by atoms with Crippen LogP contribution in [0, 0.1) is 35.5 Å². The van der Waals surface area contributed by atoms with E-state index < -0.39 is 174 Å². The quantitative estimate of drug-likeness (QED) is 0.157. The van der Waals surface area contributed by atoms with Crippen LogP contribution in [0.15, 0.2) is 12.2 Å². The van der Waals surface area contributed by atoms with Crippen LogP contribution >= 0.6 is 0 Å². The summed E-state index contributed by atoms with van der Waals surface area (Å²) in [5.74, 6) is -10.6. The number of hydrogen-bond acceptors (Lipinski definition) is 12. The first-order chi connectivity index (χ1) is 38.5. The molecule has 1 aliphatic heterocycles. The number of allylic oxidation sites excluding steroid dienone is 2. The molecule has 0 aromatic rings. The smallest absolute Gasteiger partial charge is 0.246 e. The normalized spacial score (nSPS) is 28.5. The van der Waals surface area contributed by atoms with Crippen LogP contribution in [0.25, 0.3) is 0 Å². The van der Waals surface area contributed by atoms with Crippen LogP contribution in [-0.4, -0.2) is 227 Å². The Labute approximate surface area is 496 Å². The van der Waals surface area contributed by atoms with Crippen molar-refractivity contribution in [2.45, 2.75) is 216 Å². The first kappa shape index (κ1) is 74.9. The van der Waals surface area contributed by atoms with Crippen LogP contribution in [0.1, 0.15) is 149 Å². The average Bonchev–Trinajstić information content (AvgIpc) is 3.60. The molecule has 1 saturated heterocycles.